The van der Waals surface area contributed by atoms with Crippen molar-refractivity contribution in [3.05, 3.63) is 0 Å². The molecule has 0 aliphatic rings. The highest BCUT2D eigenvalue weighted by molar-refractivity contribution is 5.72. The minimum absolute atomic E-state index is 0.262. The van der Waals surface area contributed by atoms with Gasteiger partial charge in [-0.2, -0.15) is 0 Å². The molecule has 1 unspecified atom stereocenters. The third kappa shape index (κ3) is 15.7. The van der Waals surface area contributed by atoms with Gasteiger partial charge in [0, 0.05) is 6.42 Å². The summed E-state index contributed by atoms with van der Waals surface area (Å²) in [4.78, 5) is 11.3. The van der Waals surface area contributed by atoms with Crippen LogP contribution in [0.1, 0.15) is 116 Å². The van der Waals surface area contributed by atoms with E-state index in [-0.39, 0.29) is 6.04 Å². The number of hydrogen-bond acceptors (Lipinski definition) is 1. The highest BCUT2D eigenvalue weighted by Crippen LogP contribution is 2.16. The number of nitrogens with zero attached hydrogens (tertiary/aromatic N) is 1. The molecule has 156 valence electrons. The van der Waals surface area contributed by atoms with Gasteiger partial charge in [-0.15, -0.1) is 0 Å². The fraction of sp³-hybridized carbons (Fsp3) is 0.957. The Kier molecular flexibility index (Phi) is 16.2. The largest absolute Gasteiger partial charge is 0.477 e. The minimum Gasteiger partial charge on any atom is -0.477 e. The van der Waals surface area contributed by atoms with Crippen molar-refractivity contribution >= 4 is 5.97 Å². The maximum atomic E-state index is 11.3. The monoisotopic (exact) mass is 370 g/mol. The summed E-state index contributed by atoms with van der Waals surface area (Å²) in [6.07, 6.45) is 22.5. The SMILES string of the molecule is CCCCCCCCCCCCCCCCCCC(C(=O)O)[N+](C)(C)C. The molecule has 0 amide bonds. The molecule has 0 aromatic heterocycles. The molecule has 0 aliphatic carbocycles. The third-order valence-corrected chi connectivity index (χ3v) is 5.55. The number of unbranched alkanes of at least 4 members (excludes halogenated alkanes) is 15. The van der Waals surface area contributed by atoms with Crippen molar-refractivity contribution in [1.82, 2.24) is 0 Å². The molecule has 0 heterocycles. The first-order valence-electron chi connectivity index (χ1n) is 11.4. The number of hydrogen-bond donors (Lipinski definition) is 1. The van der Waals surface area contributed by atoms with Gasteiger partial charge in [-0.3, -0.25) is 0 Å². The van der Waals surface area contributed by atoms with Crippen molar-refractivity contribution in [3.63, 3.8) is 0 Å². The van der Waals surface area contributed by atoms with Gasteiger partial charge in [-0.1, -0.05) is 103 Å². The normalized spacial score (nSPS) is 13.1. The van der Waals surface area contributed by atoms with Crippen molar-refractivity contribution in [2.45, 2.75) is 122 Å². The second-order valence-corrected chi connectivity index (χ2v) is 9.06. The van der Waals surface area contributed by atoms with E-state index in [4.69, 9.17) is 0 Å². The van der Waals surface area contributed by atoms with E-state index in [2.05, 4.69) is 6.92 Å². The second-order valence-electron chi connectivity index (χ2n) is 9.06. The maximum absolute atomic E-state index is 11.3. The Morgan fingerprint density at radius 2 is 0.962 bits per heavy atom. The van der Waals surface area contributed by atoms with E-state index in [0.717, 1.165) is 12.8 Å². The molecule has 1 atom stereocenters. The van der Waals surface area contributed by atoms with Crippen LogP contribution in [0, 0.1) is 0 Å². The molecule has 1 N–H and O–H groups in total. The van der Waals surface area contributed by atoms with Crippen LogP contribution in [0.5, 0.6) is 0 Å². The Labute approximate surface area is 164 Å². The Morgan fingerprint density at radius 3 is 1.23 bits per heavy atom. The molecule has 3 nitrogen and oxygen atoms in total. The summed E-state index contributed by atoms with van der Waals surface area (Å²) in [7, 11) is 5.93. The van der Waals surface area contributed by atoms with Crippen LogP contribution in [0.25, 0.3) is 0 Å². The zero-order valence-electron chi connectivity index (χ0n) is 18.4. The predicted octanol–water partition coefficient (Wildman–Crippen LogP) is 6.80. The minimum atomic E-state index is -0.654. The highest BCUT2D eigenvalue weighted by Gasteiger charge is 2.30. The predicted molar refractivity (Wildman–Crippen MR) is 114 cm³/mol. The maximum Gasteiger partial charge on any atom is 0.362 e. The van der Waals surface area contributed by atoms with Crippen molar-refractivity contribution < 1.29 is 14.4 Å². The van der Waals surface area contributed by atoms with Crippen LogP contribution in [0.4, 0.5) is 0 Å². The van der Waals surface area contributed by atoms with Crippen LogP contribution in [0.15, 0.2) is 0 Å². The smallest absolute Gasteiger partial charge is 0.362 e. The fourth-order valence-electron chi connectivity index (χ4n) is 3.73. The van der Waals surface area contributed by atoms with Gasteiger partial charge in [0.1, 0.15) is 0 Å². The van der Waals surface area contributed by atoms with Crippen LogP contribution < -0.4 is 0 Å². The standard InChI is InChI=1S/C23H47NO2/c1-5-6-7-8-9-10-11-12-13-14-15-16-17-18-19-20-21-22(23(25)26)24(2,3)4/h22H,5-21H2,1-4H3/p+1. The average molecular weight is 371 g/mol. The van der Waals surface area contributed by atoms with Gasteiger partial charge in [0.15, 0.2) is 6.04 Å². The molecule has 0 rings (SSSR count). The lowest BCUT2D eigenvalue weighted by molar-refractivity contribution is -0.887. The lowest BCUT2D eigenvalue weighted by atomic mass is 10.0. The molecular weight excluding hydrogens is 322 g/mol. The number of carboxylic acid groups (broad SMARTS) is 1. The zero-order chi connectivity index (χ0) is 19.7. The summed E-state index contributed by atoms with van der Waals surface area (Å²) in [6, 6.07) is -0.262. The summed E-state index contributed by atoms with van der Waals surface area (Å²) >= 11 is 0. The van der Waals surface area contributed by atoms with E-state index in [1.54, 1.807) is 0 Å². The van der Waals surface area contributed by atoms with Gasteiger partial charge < -0.3 is 9.59 Å². The van der Waals surface area contributed by atoms with Gasteiger partial charge >= 0.3 is 5.97 Å². The van der Waals surface area contributed by atoms with Crippen LogP contribution in [-0.4, -0.2) is 42.7 Å². The summed E-state index contributed by atoms with van der Waals surface area (Å²) in [5.41, 5.74) is 0. The molecule has 0 aliphatic heterocycles. The highest BCUT2D eigenvalue weighted by atomic mass is 16.4. The van der Waals surface area contributed by atoms with Gasteiger partial charge in [-0.25, -0.2) is 4.79 Å². The molecular formula is C23H48NO2+. The molecule has 0 aromatic rings. The van der Waals surface area contributed by atoms with E-state index in [0.29, 0.717) is 4.48 Å². The number of rotatable bonds is 19. The molecule has 0 spiro atoms. The molecule has 0 bridgehead atoms. The molecule has 0 saturated heterocycles. The van der Waals surface area contributed by atoms with E-state index in [1.807, 2.05) is 21.1 Å². The second kappa shape index (κ2) is 16.6. The number of likely N-dealkylation sites (N-methyl/N-ethyl adjacent to an activating group) is 1. The summed E-state index contributed by atoms with van der Waals surface area (Å²) in [6.45, 7) is 2.28. The van der Waals surface area contributed by atoms with Crippen molar-refractivity contribution in [1.29, 1.82) is 0 Å². The van der Waals surface area contributed by atoms with Crippen LogP contribution in [-0.2, 0) is 4.79 Å². The first-order valence-corrected chi connectivity index (χ1v) is 11.4. The van der Waals surface area contributed by atoms with Crippen LogP contribution in [0.2, 0.25) is 0 Å². The van der Waals surface area contributed by atoms with Gasteiger partial charge in [0.2, 0.25) is 0 Å². The summed E-state index contributed by atoms with van der Waals surface area (Å²) in [5.74, 6) is -0.654. The Hall–Kier alpha value is -0.570. The molecule has 0 fully saturated rings. The first kappa shape index (κ1) is 25.4. The van der Waals surface area contributed by atoms with Crippen molar-refractivity contribution in [3.8, 4) is 0 Å². The van der Waals surface area contributed by atoms with E-state index < -0.39 is 5.97 Å². The topological polar surface area (TPSA) is 37.3 Å². The molecule has 26 heavy (non-hydrogen) atoms. The van der Waals surface area contributed by atoms with Crippen molar-refractivity contribution in [2.75, 3.05) is 21.1 Å². The number of carboxylic acids is 1. The first-order chi connectivity index (χ1) is 12.4. The fourth-order valence-corrected chi connectivity index (χ4v) is 3.73. The van der Waals surface area contributed by atoms with E-state index >= 15 is 0 Å². The van der Waals surface area contributed by atoms with Gasteiger partial charge in [-0.05, 0) is 6.42 Å². The van der Waals surface area contributed by atoms with Gasteiger partial charge in [0.05, 0.1) is 21.1 Å². The number of aliphatic carboxylic acids is 1. The lowest BCUT2D eigenvalue weighted by Crippen LogP contribution is -2.49. The molecule has 0 radical (unpaired) electrons. The van der Waals surface area contributed by atoms with Crippen LogP contribution in [0.3, 0.4) is 0 Å². The Bertz CT molecular complexity index is 323. The van der Waals surface area contributed by atoms with Crippen molar-refractivity contribution in [2.24, 2.45) is 0 Å². The summed E-state index contributed by atoms with van der Waals surface area (Å²) in [5, 5.41) is 9.32. The quantitative estimate of drug-likeness (QED) is 0.200. The summed E-state index contributed by atoms with van der Waals surface area (Å²) < 4.78 is 0.522. The number of quaternary nitrogens is 1. The van der Waals surface area contributed by atoms with Crippen LogP contribution >= 0.6 is 0 Å². The number of carbonyl (C=O) groups is 1. The lowest BCUT2D eigenvalue weighted by Gasteiger charge is -2.31. The Morgan fingerprint density at radius 1 is 0.654 bits per heavy atom. The third-order valence-electron chi connectivity index (χ3n) is 5.55. The molecule has 3 heteroatoms. The van der Waals surface area contributed by atoms with E-state index in [1.165, 1.54) is 96.3 Å². The van der Waals surface area contributed by atoms with Gasteiger partial charge in [0.25, 0.3) is 0 Å². The van der Waals surface area contributed by atoms with E-state index in [9.17, 15) is 9.90 Å². The molecule has 0 aromatic carbocycles. The molecule has 0 saturated carbocycles. The zero-order valence-corrected chi connectivity index (χ0v) is 18.4. The Balaban J connectivity index is 3.30. The average Bonchev–Trinajstić information content (AvgIpc) is 2.56.